The lowest BCUT2D eigenvalue weighted by Crippen LogP contribution is -2.36. The van der Waals surface area contributed by atoms with Crippen molar-refractivity contribution in [1.29, 1.82) is 0 Å². The monoisotopic (exact) mass is 343 g/mol. The first-order valence-electron chi connectivity index (χ1n) is 6.24. The van der Waals surface area contributed by atoms with Crippen LogP contribution in [-0.2, 0) is 4.79 Å². The molecule has 1 aromatic rings. The zero-order valence-electron chi connectivity index (χ0n) is 10.7. The number of carbonyl (C=O) groups is 2. The number of Topliss-reactive ketones (excluding diaryl/α,β-unsaturated/α-hetero) is 1. The van der Waals surface area contributed by atoms with Gasteiger partial charge in [-0.2, -0.15) is 0 Å². The molecular formula is C14H15BrClNO2. The van der Waals surface area contributed by atoms with E-state index in [2.05, 4.69) is 15.9 Å². The Balaban J connectivity index is 2.20. The molecule has 0 N–H and O–H groups in total. The molecule has 0 bridgehead atoms. The lowest BCUT2D eigenvalue weighted by molar-refractivity contribution is -0.117. The van der Waals surface area contributed by atoms with Gasteiger partial charge in [0.1, 0.15) is 5.78 Å². The van der Waals surface area contributed by atoms with Crippen LogP contribution in [0.3, 0.4) is 0 Å². The van der Waals surface area contributed by atoms with Crippen LogP contribution in [0.5, 0.6) is 0 Å². The van der Waals surface area contributed by atoms with E-state index in [1.54, 1.807) is 30.0 Å². The van der Waals surface area contributed by atoms with Crippen molar-refractivity contribution in [1.82, 2.24) is 4.90 Å². The minimum absolute atomic E-state index is 0.0183. The van der Waals surface area contributed by atoms with Gasteiger partial charge in [0.15, 0.2) is 0 Å². The van der Waals surface area contributed by atoms with E-state index in [0.29, 0.717) is 23.6 Å². The summed E-state index contributed by atoms with van der Waals surface area (Å²) in [4.78, 5) is 25.5. The highest BCUT2D eigenvalue weighted by molar-refractivity contribution is 9.10. The van der Waals surface area contributed by atoms with Crippen LogP contribution in [0.2, 0.25) is 5.02 Å². The van der Waals surface area contributed by atoms with E-state index >= 15 is 0 Å². The van der Waals surface area contributed by atoms with Gasteiger partial charge in [-0.15, -0.1) is 0 Å². The maximum Gasteiger partial charge on any atom is 0.255 e. The third-order valence-corrected chi connectivity index (χ3v) is 4.13. The first-order valence-corrected chi connectivity index (χ1v) is 7.41. The van der Waals surface area contributed by atoms with Gasteiger partial charge in [-0.3, -0.25) is 9.59 Å². The zero-order valence-corrected chi connectivity index (χ0v) is 13.0. The van der Waals surface area contributed by atoms with Crippen LogP contribution < -0.4 is 0 Å². The van der Waals surface area contributed by atoms with Gasteiger partial charge in [0.05, 0.1) is 10.6 Å². The third-order valence-electron chi connectivity index (χ3n) is 3.32. The standard InChI is InChI=1S/C14H15BrClNO2/c1-9(18)7-11-3-2-6-17(11)14(19)12-5-4-10(15)8-13(12)16/h4-5,8,11H,2-3,6-7H2,1H3. The first kappa shape index (κ1) is 14.5. The van der Waals surface area contributed by atoms with Crippen LogP contribution >= 0.6 is 27.5 Å². The number of benzene rings is 1. The van der Waals surface area contributed by atoms with Gasteiger partial charge in [0.25, 0.3) is 5.91 Å². The van der Waals surface area contributed by atoms with Crippen molar-refractivity contribution in [3.8, 4) is 0 Å². The first-order chi connectivity index (χ1) is 8.99. The Morgan fingerprint density at radius 1 is 1.47 bits per heavy atom. The Bertz CT molecular complexity index is 518. The number of ketones is 1. The van der Waals surface area contributed by atoms with Gasteiger partial charge in [-0.05, 0) is 38.0 Å². The predicted molar refractivity (Wildman–Crippen MR) is 78.5 cm³/mol. The number of rotatable bonds is 3. The molecule has 3 nitrogen and oxygen atoms in total. The molecule has 0 aliphatic carbocycles. The molecule has 0 spiro atoms. The van der Waals surface area contributed by atoms with Crippen molar-refractivity contribution in [3.05, 3.63) is 33.3 Å². The van der Waals surface area contributed by atoms with Crippen LogP contribution in [0.25, 0.3) is 0 Å². The summed E-state index contributed by atoms with van der Waals surface area (Å²) in [6.45, 7) is 2.26. The van der Waals surface area contributed by atoms with Crippen LogP contribution in [-0.4, -0.2) is 29.2 Å². The van der Waals surface area contributed by atoms with Crippen LogP contribution in [0.1, 0.15) is 36.5 Å². The Kier molecular flexibility index (Phi) is 4.63. The van der Waals surface area contributed by atoms with Crippen molar-refractivity contribution in [2.75, 3.05) is 6.54 Å². The average molecular weight is 345 g/mol. The molecule has 2 rings (SSSR count). The highest BCUT2D eigenvalue weighted by atomic mass is 79.9. The molecule has 0 radical (unpaired) electrons. The van der Waals surface area contributed by atoms with Gasteiger partial charge in [0.2, 0.25) is 0 Å². The van der Waals surface area contributed by atoms with Crippen molar-refractivity contribution >= 4 is 39.2 Å². The minimum atomic E-state index is -0.0822. The van der Waals surface area contributed by atoms with Gasteiger partial charge in [-0.25, -0.2) is 0 Å². The highest BCUT2D eigenvalue weighted by Crippen LogP contribution is 2.27. The van der Waals surface area contributed by atoms with Gasteiger partial charge in [0, 0.05) is 23.5 Å². The number of halogens is 2. The summed E-state index contributed by atoms with van der Waals surface area (Å²) in [6.07, 6.45) is 2.26. The minimum Gasteiger partial charge on any atom is -0.335 e. The van der Waals surface area contributed by atoms with Crippen LogP contribution in [0.15, 0.2) is 22.7 Å². The van der Waals surface area contributed by atoms with Crippen LogP contribution in [0, 0.1) is 0 Å². The SMILES string of the molecule is CC(=O)CC1CCCN1C(=O)c1ccc(Br)cc1Cl. The maximum atomic E-state index is 12.5. The number of carbonyl (C=O) groups excluding carboxylic acids is 2. The van der Waals surface area contributed by atoms with Crippen molar-refractivity contribution in [3.63, 3.8) is 0 Å². The molecule has 0 saturated carbocycles. The quantitative estimate of drug-likeness (QED) is 0.838. The molecular weight excluding hydrogens is 330 g/mol. The van der Waals surface area contributed by atoms with Gasteiger partial charge >= 0.3 is 0 Å². The fraction of sp³-hybridized carbons (Fsp3) is 0.429. The molecule has 1 amide bonds. The van der Waals surface area contributed by atoms with Crippen molar-refractivity contribution in [2.45, 2.75) is 32.2 Å². The third kappa shape index (κ3) is 3.37. The summed E-state index contributed by atoms with van der Waals surface area (Å²) < 4.78 is 0.843. The Labute approximate surface area is 126 Å². The molecule has 5 heteroatoms. The second-order valence-electron chi connectivity index (χ2n) is 4.82. The molecule has 1 aromatic carbocycles. The molecule has 1 aliphatic rings. The van der Waals surface area contributed by atoms with Gasteiger partial charge < -0.3 is 4.90 Å². The summed E-state index contributed by atoms with van der Waals surface area (Å²) in [5, 5.41) is 0.438. The molecule has 1 heterocycles. The zero-order chi connectivity index (χ0) is 14.0. The van der Waals surface area contributed by atoms with Crippen molar-refractivity contribution in [2.24, 2.45) is 0 Å². The molecule has 0 aromatic heterocycles. The fourth-order valence-electron chi connectivity index (χ4n) is 2.46. The normalized spacial score (nSPS) is 18.7. The molecule has 1 fully saturated rings. The Hall–Kier alpha value is -0.870. The summed E-state index contributed by atoms with van der Waals surface area (Å²) in [5.41, 5.74) is 0.500. The molecule has 1 atom stereocenters. The van der Waals surface area contributed by atoms with E-state index in [1.807, 2.05) is 0 Å². The molecule has 19 heavy (non-hydrogen) atoms. The molecule has 102 valence electrons. The lowest BCUT2D eigenvalue weighted by atomic mass is 10.1. The smallest absolute Gasteiger partial charge is 0.255 e. The largest absolute Gasteiger partial charge is 0.335 e. The second-order valence-corrected chi connectivity index (χ2v) is 6.15. The number of hydrogen-bond acceptors (Lipinski definition) is 2. The van der Waals surface area contributed by atoms with E-state index in [9.17, 15) is 9.59 Å². The number of nitrogens with zero attached hydrogens (tertiary/aromatic N) is 1. The van der Waals surface area contributed by atoms with E-state index in [-0.39, 0.29) is 17.7 Å². The highest BCUT2D eigenvalue weighted by Gasteiger charge is 2.30. The van der Waals surface area contributed by atoms with E-state index in [0.717, 1.165) is 17.3 Å². The fourth-order valence-corrected chi connectivity index (χ4v) is 3.22. The summed E-state index contributed by atoms with van der Waals surface area (Å²) in [5.74, 6) is 0.0350. The topological polar surface area (TPSA) is 37.4 Å². The van der Waals surface area contributed by atoms with E-state index < -0.39 is 0 Å². The van der Waals surface area contributed by atoms with Crippen molar-refractivity contribution < 1.29 is 9.59 Å². The number of likely N-dealkylation sites (tertiary alicyclic amines) is 1. The van der Waals surface area contributed by atoms with Gasteiger partial charge in [-0.1, -0.05) is 27.5 Å². The summed E-state index contributed by atoms with van der Waals surface area (Å²) in [7, 11) is 0. The maximum absolute atomic E-state index is 12.5. The number of amides is 1. The summed E-state index contributed by atoms with van der Waals surface area (Å²) >= 11 is 9.43. The lowest BCUT2D eigenvalue weighted by Gasteiger charge is -2.24. The number of hydrogen-bond donors (Lipinski definition) is 0. The average Bonchev–Trinajstić information content (AvgIpc) is 2.75. The Morgan fingerprint density at radius 3 is 2.84 bits per heavy atom. The van der Waals surface area contributed by atoms with E-state index in [4.69, 9.17) is 11.6 Å². The van der Waals surface area contributed by atoms with Crippen LogP contribution in [0.4, 0.5) is 0 Å². The summed E-state index contributed by atoms with van der Waals surface area (Å²) in [6, 6.07) is 5.25. The van der Waals surface area contributed by atoms with E-state index in [1.165, 1.54) is 0 Å². The Morgan fingerprint density at radius 2 is 2.21 bits per heavy atom. The molecule has 1 aliphatic heterocycles. The molecule has 1 saturated heterocycles. The second kappa shape index (κ2) is 6.06. The predicted octanol–water partition coefficient (Wildman–Crippen LogP) is 3.69. The molecule has 1 unspecified atom stereocenters.